The molecule has 1 fully saturated rings. The van der Waals surface area contributed by atoms with Crippen LogP contribution in [-0.4, -0.2) is 37.2 Å². The van der Waals surface area contributed by atoms with Crippen LogP contribution in [0.3, 0.4) is 0 Å². The summed E-state index contributed by atoms with van der Waals surface area (Å²) in [6.45, 7) is 0.126. The molecule has 8 nitrogen and oxygen atoms in total. The van der Waals surface area contributed by atoms with Crippen molar-refractivity contribution in [1.29, 1.82) is 0 Å². The summed E-state index contributed by atoms with van der Waals surface area (Å²) in [5.74, 6) is -1.90. The van der Waals surface area contributed by atoms with Gasteiger partial charge < -0.3 is 18.9 Å². The van der Waals surface area contributed by atoms with Crippen LogP contribution in [0.4, 0.5) is 4.79 Å². The van der Waals surface area contributed by atoms with Crippen molar-refractivity contribution >= 4 is 18.0 Å². The number of benzene rings is 2. The monoisotopic (exact) mass is 485 g/mol. The SMILES string of the molecule is COC(=O)C1=C(C(=O)OC)[C@H]2[C@@H]1[C@@H]1c3cc4c(cc3[C@H]2N1C(=O)OCc1ccccc1)[C@H]1C=C[C@@H]4O1. The maximum Gasteiger partial charge on any atom is 0.411 e. The van der Waals surface area contributed by atoms with Crippen molar-refractivity contribution in [3.63, 3.8) is 0 Å². The number of ether oxygens (including phenoxy) is 4. The van der Waals surface area contributed by atoms with Crippen LogP contribution in [0.2, 0.25) is 0 Å². The third kappa shape index (κ3) is 2.65. The fraction of sp³-hybridized carbons (Fsp3) is 0.321. The minimum Gasteiger partial charge on any atom is -0.466 e. The van der Waals surface area contributed by atoms with Crippen LogP contribution < -0.4 is 0 Å². The minimum absolute atomic E-state index is 0.105. The van der Waals surface area contributed by atoms with Gasteiger partial charge in [-0.25, -0.2) is 14.4 Å². The van der Waals surface area contributed by atoms with E-state index in [-0.39, 0.29) is 41.8 Å². The largest absolute Gasteiger partial charge is 0.466 e. The van der Waals surface area contributed by atoms with Crippen molar-refractivity contribution in [2.24, 2.45) is 11.8 Å². The molecule has 0 saturated carbocycles. The van der Waals surface area contributed by atoms with E-state index in [0.29, 0.717) is 0 Å². The van der Waals surface area contributed by atoms with E-state index in [0.717, 1.165) is 27.8 Å². The van der Waals surface area contributed by atoms with Crippen LogP contribution >= 0.6 is 0 Å². The Kier molecular flexibility index (Phi) is 4.48. The van der Waals surface area contributed by atoms with E-state index < -0.39 is 30.1 Å². The van der Waals surface area contributed by atoms with Gasteiger partial charge in [0.15, 0.2) is 0 Å². The second-order valence-electron chi connectivity index (χ2n) is 9.67. The van der Waals surface area contributed by atoms with Crippen molar-refractivity contribution in [1.82, 2.24) is 4.90 Å². The van der Waals surface area contributed by atoms with Gasteiger partial charge in [-0.2, -0.15) is 0 Å². The summed E-state index contributed by atoms with van der Waals surface area (Å²) in [4.78, 5) is 40.8. The standard InChI is InChI=1S/C28H23NO7/c1-33-26(30)22-20-21(23(22)27(31)34-2)25-17-11-15-14(18-8-9-19(15)36-18)10-16(17)24(20)29(25)28(32)35-12-13-6-4-3-5-7-13/h3-11,18-21,24-25H,12H2,1-2H3/t18-,19+,20-,21+,24-,25+. The van der Waals surface area contributed by atoms with E-state index in [1.54, 1.807) is 4.90 Å². The number of nitrogens with zero attached hydrogens (tertiary/aromatic N) is 1. The molecule has 36 heavy (non-hydrogen) atoms. The Labute approximate surface area is 207 Å². The predicted octanol–water partition coefficient (Wildman–Crippen LogP) is 4.01. The zero-order chi connectivity index (χ0) is 24.7. The molecule has 1 saturated heterocycles. The average molecular weight is 485 g/mol. The zero-order valence-corrected chi connectivity index (χ0v) is 19.7. The Hall–Kier alpha value is -3.91. The third-order valence-electron chi connectivity index (χ3n) is 8.14. The molecule has 8 heteroatoms. The summed E-state index contributed by atoms with van der Waals surface area (Å²) >= 11 is 0. The number of carbonyl (C=O) groups excluding carboxylic acids is 3. The van der Waals surface area contributed by atoms with Crippen molar-refractivity contribution in [3.05, 3.63) is 93.6 Å². The van der Waals surface area contributed by atoms with Crippen molar-refractivity contribution in [3.8, 4) is 0 Å². The highest BCUT2D eigenvalue weighted by atomic mass is 16.6. The summed E-state index contributed by atoms with van der Waals surface area (Å²) in [7, 11) is 2.58. The Morgan fingerprint density at radius 2 is 1.33 bits per heavy atom. The number of amides is 1. The molecule has 4 bridgehead atoms. The van der Waals surface area contributed by atoms with Gasteiger partial charge in [-0.15, -0.1) is 0 Å². The Bertz CT molecular complexity index is 1320. The highest BCUT2D eigenvalue weighted by Crippen LogP contribution is 2.69. The molecule has 0 spiro atoms. The van der Waals surface area contributed by atoms with Gasteiger partial charge in [-0.1, -0.05) is 54.6 Å². The first-order valence-corrected chi connectivity index (χ1v) is 11.9. The lowest BCUT2D eigenvalue weighted by molar-refractivity contribution is -0.142. The highest BCUT2D eigenvalue weighted by Gasteiger charge is 2.68. The van der Waals surface area contributed by atoms with Gasteiger partial charge in [-0.05, 0) is 27.8 Å². The van der Waals surface area contributed by atoms with Gasteiger partial charge >= 0.3 is 18.0 Å². The Morgan fingerprint density at radius 3 is 1.83 bits per heavy atom. The molecule has 0 unspecified atom stereocenters. The van der Waals surface area contributed by atoms with E-state index in [9.17, 15) is 14.4 Å². The van der Waals surface area contributed by atoms with Crippen molar-refractivity contribution < 1.29 is 33.3 Å². The number of fused-ring (bicyclic) bond motifs is 13. The first kappa shape index (κ1) is 21.4. The van der Waals surface area contributed by atoms with Crippen molar-refractivity contribution in [2.75, 3.05) is 14.2 Å². The molecule has 0 aromatic heterocycles. The van der Waals surface area contributed by atoms with Crippen molar-refractivity contribution in [2.45, 2.75) is 30.9 Å². The van der Waals surface area contributed by atoms with Gasteiger partial charge in [0, 0.05) is 11.8 Å². The van der Waals surface area contributed by atoms with E-state index in [4.69, 9.17) is 18.9 Å². The number of esters is 2. The normalized spacial score (nSPS) is 29.4. The van der Waals surface area contributed by atoms with E-state index in [2.05, 4.69) is 12.1 Å². The van der Waals surface area contributed by atoms with E-state index in [1.807, 2.05) is 42.5 Å². The smallest absolute Gasteiger partial charge is 0.411 e. The molecule has 182 valence electrons. The summed E-state index contributed by atoms with van der Waals surface area (Å²) in [6, 6.07) is 12.8. The van der Waals surface area contributed by atoms with Crippen LogP contribution in [0.25, 0.3) is 0 Å². The lowest BCUT2D eigenvalue weighted by Crippen LogP contribution is -2.42. The quantitative estimate of drug-likeness (QED) is 0.367. The lowest BCUT2D eigenvalue weighted by Gasteiger charge is -2.41. The molecule has 0 radical (unpaired) electrons. The van der Waals surface area contributed by atoms with Crippen LogP contribution in [0.15, 0.2) is 65.8 Å². The van der Waals surface area contributed by atoms with Gasteiger partial charge in [0.2, 0.25) is 0 Å². The van der Waals surface area contributed by atoms with Gasteiger partial charge in [0.25, 0.3) is 0 Å². The average Bonchev–Trinajstić information content (AvgIpc) is 3.64. The number of methoxy groups -OCH3 is 2. The molecule has 2 aromatic rings. The highest BCUT2D eigenvalue weighted by molar-refractivity contribution is 6.05. The molecule has 5 aliphatic rings. The van der Waals surface area contributed by atoms with Gasteiger partial charge in [-0.3, -0.25) is 4.90 Å². The first-order valence-electron chi connectivity index (χ1n) is 11.9. The topological polar surface area (TPSA) is 91.4 Å². The fourth-order valence-electron chi connectivity index (χ4n) is 6.75. The second-order valence-corrected chi connectivity index (χ2v) is 9.67. The summed E-state index contributed by atoms with van der Waals surface area (Å²) < 4.78 is 21.8. The molecule has 1 aliphatic carbocycles. The minimum atomic E-state index is -0.574. The molecule has 6 atom stereocenters. The molecule has 0 N–H and O–H groups in total. The molecule has 4 heterocycles. The summed E-state index contributed by atoms with van der Waals surface area (Å²) in [5, 5.41) is 0. The number of carbonyl (C=O) groups is 3. The molecule has 4 aliphatic heterocycles. The van der Waals surface area contributed by atoms with Gasteiger partial charge in [0.1, 0.15) is 18.8 Å². The lowest BCUT2D eigenvalue weighted by atomic mass is 9.59. The molecule has 7 rings (SSSR count). The zero-order valence-electron chi connectivity index (χ0n) is 19.7. The molecule has 1 amide bonds. The summed E-state index contributed by atoms with van der Waals surface area (Å²) in [5.41, 5.74) is 5.54. The molecule has 2 aromatic carbocycles. The molecular formula is C28H23NO7. The van der Waals surface area contributed by atoms with Crippen LogP contribution in [0.1, 0.15) is 52.1 Å². The van der Waals surface area contributed by atoms with E-state index in [1.165, 1.54) is 14.2 Å². The number of hydrogen-bond acceptors (Lipinski definition) is 7. The second kappa shape index (κ2) is 7.54. The number of hydrogen-bond donors (Lipinski definition) is 0. The first-order chi connectivity index (χ1) is 17.5. The molecular weight excluding hydrogens is 462 g/mol. The van der Waals surface area contributed by atoms with E-state index >= 15 is 0 Å². The van der Waals surface area contributed by atoms with Crippen LogP contribution in [0, 0.1) is 11.8 Å². The maximum atomic E-state index is 13.6. The third-order valence-corrected chi connectivity index (χ3v) is 8.14. The maximum absolute atomic E-state index is 13.6. The van der Waals surface area contributed by atoms with Gasteiger partial charge in [0.05, 0.1) is 37.4 Å². The van der Waals surface area contributed by atoms with Crippen LogP contribution in [0.5, 0.6) is 0 Å². The predicted molar refractivity (Wildman–Crippen MR) is 124 cm³/mol. The number of rotatable bonds is 4. The Balaban J connectivity index is 1.31. The summed E-state index contributed by atoms with van der Waals surface area (Å²) in [6.07, 6.45) is 3.39. The fourth-order valence-corrected chi connectivity index (χ4v) is 6.75. The van der Waals surface area contributed by atoms with Crippen LogP contribution in [-0.2, 0) is 35.1 Å². The Morgan fingerprint density at radius 1 is 0.806 bits per heavy atom.